The van der Waals surface area contributed by atoms with E-state index in [1.54, 1.807) is 0 Å². The first kappa shape index (κ1) is 8.94. The van der Waals surface area contributed by atoms with Gasteiger partial charge in [0.1, 0.15) is 0 Å². The van der Waals surface area contributed by atoms with Crippen LogP contribution in [0.5, 0.6) is 0 Å². The molecule has 0 spiro atoms. The Morgan fingerprint density at radius 3 is 2.91 bits per heavy atom. The van der Waals surface area contributed by atoms with Gasteiger partial charge in [-0.25, -0.2) is 4.39 Å². The van der Waals surface area contributed by atoms with Crippen LogP contribution in [0.15, 0.2) is 0 Å². The summed E-state index contributed by atoms with van der Waals surface area (Å²) in [6.07, 6.45) is -0.140. The van der Waals surface area contributed by atoms with Crippen LogP contribution in [-0.4, -0.2) is 37.0 Å². The van der Waals surface area contributed by atoms with E-state index in [2.05, 4.69) is 18.7 Å². The molecule has 0 aromatic rings. The van der Waals surface area contributed by atoms with Gasteiger partial charge >= 0.3 is 0 Å². The Balaban J connectivity index is 2.39. The molecule has 1 aliphatic heterocycles. The van der Waals surface area contributed by atoms with E-state index in [-0.39, 0.29) is 0 Å². The lowest BCUT2D eigenvalue weighted by molar-refractivity contribution is -0.0405. The van der Waals surface area contributed by atoms with Gasteiger partial charge in [0.2, 0.25) is 6.36 Å². The summed E-state index contributed by atoms with van der Waals surface area (Å²) in [5, 5.41) is 0. The Labute approximate surface area is 67.3 Å². The van der Waals surface area contributed by atoms with Crippen LogP contribution in [0, 0.1) is 0 Å². The predicted molar refractivity (Wildman–Crippen MR) is 42.2 cm³/mol. The van der Waals surface area contributed by atoms with Crippen LogP contribution < -0.4 is 0 Å². The van der Waals surface area contributed by atoms with Crippen molar-refractivity contribution in [1.29, 1.82) is 0 Å². The average Bonchev–Trinajstić information content (AvgIpc) is 2.13. The van der Waals surface area contributed by atoms with E-state index in [4.69, 9.17) is 4.74 Å². The molecule has 1 rings (SSSR count). The second-order valence-electron chi connectivity index (χ2n) is 3.22. The maximum absolute atomic E-state index is 12.8. The van der Waals surface area contributed by atoms with Gasteiger partial charge in [-0.3, -0.25) is 4.90 Å². The third kappa shape index (κ3) is 2.75. The fraction of sp³-hybridized carbons (Fsp3) is 1.00. The van der Waals surface area contributed by atoms with Crippen molar-refractivity contribution < 1.29 is 9.13 Å². The minimum absolute atomic E-state index is 0.426. The molecule has 1 atom stereocenters. The summed E-state index contributed by atoms with van der Waals surface area (Å²) < 4.78 is 17.7. The van der Waals surface area contributed by atoms with Crippen molar-refractivity contribution in [2.75, 3.05) is 19.7 Å². The summed E-state index contributed by atoms with van der Waals surface area (Å²) in [6, 6.07) is 0.426. The average molecular weight is 161 g/mol. The molecule has 0 radical (unpaired) electrons. The molecule has 3 heteroatoms. The third-order valence-corrected chi connectivity index (χ3v) is 2.00. The largest absolute Gasteiger partial charge is 0.347 e. The van der Waals surface area contributed by atoms with E-state index in [0.717, 1.165) is 13.0 Å². The molecule has 1 fully saturated rings. The molecule has 1 aliphatic rings. The smallest absolute Gasteiger partial charge is 0.211 e. The Bertz CT molecular complexity index is 119. The molecular weight excluding hydrogens is 145 g/mol. The maximum Gasteiger partial charge on any atom is 0.211 e. The number of rotatable bonds is 1. The zero-order valence-electron chi connectivity index (χ0n) is 7.22. The molecule has 0 amide bonds. The molecule has 1 saturated heterocycles. The molecule has 0 bridgehead atoms. The van der Waals surface area contributed by atoms with Crippen LogP contribution in [-0.2, 0) is 4.74 Å². The fourth-order valence-electron chi connectivity index (χ4n) is 1.28. The summed E-state index contributed by atoms with van der Waals surface area (Å²) in [4.78, 5) is 2.11. The number of hydrogen-bond acceptors (Lipinski definition) is 2. The Kier molecular flexibility index (Phi) is 3.27. The van der Waals surface area contributed by atoms with Crippen LogP contribution in [0.1, 0.15) is 20.3 Å². The zero-order chi connectivity index (χ0) is 8.27. The van der Waals surface area contributed by atoms with Crippen molar-refractivity contribution in [2.45, 2.75) is 32.7 Å². The SMILES string of the molecule is CC(C)N1CCCO[C@@H](F)C1. The van der Waals surface area contributed by atoms with Crippen molar-refractivity contribution in [2.24, 2.45) is 0 Å². The highest BCUT2D eigenvalue weighted by atomic mass is 19.1. The summed E-state index contributed by atoms with van der Waals surface area (Å²) in [5.41, 5.74) is 0. The van der Waals surface area contributed by atoms with Crippen LogP contribution in [0.3, 0.4) is 0 Å². The quantitative estimate of drug-likeness (QED) is 0.576. The molecule has 2 nitrogen and oxygen atoms in total. The Hall–Kier alpha value is -0.150. The minimum atomic E-state index is -1.08. The molecule has 0 aromatic heterocycles. The van der Waals surface area contributed by atoms with E-state index in [1.807, 2.05) is 0 Å². The Morgan fingerprint density at radius 2 is 2.27 bits per heavy atom. The van der Waals surface area contributed by atoms with Crippen LogP contribution in [0.4, 0.5) is 4.39 Å². The molecule has 0 unspecified atom stereocenters. The maximum atomic E-state index is 12.8. The molecule has 0 aromatic carbocycles. The summed E-state index contributed by atoms with van der Waals surface area (Å²) >= 11 is 0. The first-order valence-electron chi connectivity index (χ1n) is 4.20. The highest BCUT2D eigenvalue weighted by Gasteiger charge is 2.18. The molecule has 66 valence electrons. The molecule has 0 aliphatic carbocycles. The monoisotopic (exact) mass is 161 g/mol. The van der Waals surface area contributed by atoms with Gasteiger partial charge in [-0.2, -0.15) is 0 Å². The van der Waals surface area contributed by atoms with E-state index < -0.39 is 6.36 Å². The topological polar surface area (TPSA) is 12.5 Å². The van der Waals surface area contributed by atoms with Crippen molar-refractivity contribution in [1.82, 2.24) is 4.90 Å². The lowest BCUT2D eigenvalue weighted by atomic mass is 10.3. The van der Waals surface area contributed by atoms with Crippen molar-refractivity contribution in [3.63, 3.8) is 0 Å². The van der Waals surface area contributed by atoms with Crippen molar-refractivity contribution >= 4 is 0 Å². The Morgan fingerprint density at radius 1 is 1.55 bits per heavy atom. The van der Waals surface area contributed by atoms with Gasteiger partial charge in [0.15, 0.2) is 0 Å². The zero-order valence-corrected chi connectivity index (χ0v) is 7.22. The van der Waals surface area contributed by atoms with Gasteiger partial charge in [0.05, 0.1) is 13.2 Å². The number of ether oxygens (including phenoxy) is 1. The summed E-state index contributed by atoms with van der Waals surface area (Å²) in [7, 11) is 0. The molecule has 0 N–H and O–H groups in total. The van der Waals surface area contributed by atoms with Crippen LogP contribution >= 0.6 is 0 Å². The highest BCUT2D eigenvalue weighted by molar-refractivity contribution is 4.66. The molecule has 1 heterocycles. The van der Waals surface area contributed by atoms with Crippen molar-refractivity contribution in [3.05, 3.63) is 0 Å². The van der Waals surface area contributed by atoms with Gasteiger partial charge in [-0.15, -0.1) is 0 Å². The van der Waals surface area contributed by atoms with E-state index in [9.17, 15) is 4.39 Å². The second-order valence-corrected chi connectivity index (χ2v) is 3.22. The normalized spacial score (nSPS) is 28.9. The lowest BCUT2D eigenvalue weighted by Gasteiger charge is -2.24. The number of halogens is 1. The first-order valence-corrected chi connectivity index (χ1v) is 4.20. The van der Waals surface area contributed by atoms with Crippen LogP contribution in [0.2, 0.25) is 0 Å². The van der Waals surface area contributed by atoms with E-state index >= 15 is 0 Å². The molecule has 0 saturated carbocycles. The van der Waals surface area contributed by atoms with Gasteiger partial charge in [0.25, 0.3) is 0 Å². The van der Waals surface area contributed by atoms with Gasteiger partial charge in [-0.05, 0) is 20.3 Å². The number of nitrogens with zero attached hydrogens (tertiary/aromatic N) is 1. The highest BCUT2D eigenvalue weighted by Crippen LogP contribution is 2.09. The van der Waals surface area contributed by atoms with E-state index in [0.29, 0.717) is 19.2 Å². The fourth-order valence-corrected chi connectivity index (χ4v) is 1.28. The summed E-state index contributed by atoms with van der Waals surface area (Å²) in [6.45, 7) is 6.11. The molecule has 11 heavy (non-hydrogen) atoms. The van der Waals surface area contributed by atoms with Crippen molar-refractivity contribution in [3.8, 4) is 0 Å². The van der Waals surface area contributed by atoms with E-state index in [1.165, 1.54) is 0 Å². The van der Waals surface area contributed by atoms with Crippen LogP contribution in [0.25, 0.3) is 0 Å². The minimum Gasteiger partial charge on any atom is -0.347 e. The predicted octanol–water partition coefficient (Wildman–Crippen LogP) is 1.41. The molecular formula is C8H16FNO. The third-order valence-electron chi connectivity index (χ3n) is 2.00. The van der Waals surface area contributed by atoms with Gasteiger partial charge in [-0.1, -0.05) is 0 Å². The standard InChI is InChI=1S/C8H16FNO/c1-7(2)10-4-3-5-11-8(9)6-10/h7-8H,3-6H2,1-2H3/t8-/m1/s1. The van der Waals surface area contributed by atoms with Gasteiger partial charge in [0, 0.05) is 12.6 Å². The second kappa shape index (κ2) is 4.02. The van der Waals surface area contributed by atoms with Gasteiger partial charge < -0.3 is 4.74 Å². The lowest BCUT2D eigenvalue weighted by Crippen LogP contribution is -2.35. The summed E-state index contributed by atoms with van der Waals surface area (Å²) in [5.74, 6) is 0. The first-order chi connectivity index (χ1) is 5.20. The number of alkyl halides is 1. The number of hydrogen-bond donors (Lipinski definition) is 0.